The number of carbonyl (C=O) groups is 1. The number of fused-ring (bicyclic) bond motifs is 2. The summed E-state index contributed by atoms with van der Waals surface area (Å²) in [6.07, 6.45) is 8.72. The maximum atomic E-state index is 13.1. The maximum Gasteiger partial charge on any atom is 0.318 e. The molecule has 4 heterocycles. The van der Waals surface area contributed by atoms with Gasteiger partial charge in [0.25, 0.3) is 0 Å². The molecule has 3 aromatic rings. The van der Waals surface area contributed by atoms with Crippen molar-refractivity contribution in [2.75, 3.05) is 63.4 Å². The number of benzene rings is 2. The van der Waals surface area contributed by atoms with Gasteiger partial charge in [-0.15, -0.1) is 0 Å². The monoisotopic (exact) mass is 655 g/mol. The fraction of sp³-hybridized carbons (Fsp3) is 0.500. The van der Waals surface area contributed by atoms with Gasteiger partial charge in [-0.3, -0.25) is 4.79 Å². The van der Waals surface area contributed by atoms with Gasteiger partial charge >= 0.3 is 6.01 Å². The summed E-state index contributed by atoms with van der Waals surface area (Å²) in [7, 11) is 3.74. The summed E-state index contributed by atoms with van der Waals surface area (Å²) in [6.45, 7) is 4.21. The molecular weight excluding hydrogens is 614 g/mol. The highest BCUT2D eigenvalue weighted by Gasteiger charge is 2.52. The van der Waals surface area contributed by atoms with E-state index in [4.69, 9.17) is 31.0 Å². The molecule has 4 aliphatic rings. The number of nitrogens with zero attached hydrogens (tertiary/aromatic N) is 7. The summed E-state index contributed by atoms with van der Waals surface area (Å²) in [6, 6.07) is 15.3. The van der Waals surface area contributed by atoms with Crippen LogP contribution in [0.3, 0.4) is 0 Å². The number of halogens is 1. The lowest BCUT2D eigenvalue weighted by Gasteiger charge is -2.44. The number of nitriles is 1. The number of rotatable bonds is 9. The molecule has 2 aromatic carbocycles. The topological polar surface area (TPSA) is 98.1 Å². The molecule has 11 heteroatoms. The van der Waals surface area contributed by atoms with E-state index >= 15 is 0 Å². The van der Waals surface area contributed by atoms with Crippen LogP contribution in [-0.4, -0.2) is 96.8 Å². The molecule has 1 amide bonds. The molecule has 0 unspecified atom stereocenters. The average Bonchev–Trinajstić information content (AvgIpc) is 3.72. The van der Waals surface area contributed by atoms with Crippen molar-refractivity contribution >= 4 is 39.8 Å². The Morgan fingerprint density at radius 2 is 1.98 bits per heavy atom. The van der Waals surface area contributed by atoms with E-state index in [1.165, 1.54) is 0 Å². The lowest BCUT2D eigenvalue weighted by atomic mass is 9.93. The molecule has 2 saturated heterocycles. The van der Waals surface area contributed by atoms with Gasteiger partial charge in [0.15, 0.2) is 0 Å². The van der Waals surface area contributed by atoms with Crippen LogP contribution < -0.4 is 14.5 Å². The number of piperazine rings is 1. The normalized spacial score (nSPS) is 22.2. The minimum atomic E-state index is -0.261. The highest BCUT2D eigenvalue weighted by atomic mass is 35.5. The first-order chi connectivity index (χ1) is 22.9. The van der Waals surface area contributed by atoms with Gasteiger partial charge in [0.2, 0.25) is 5.91 Å². The average molecular weight is 656 g/mol. The zero-order valence-electron chi connectivity index (χ0n) is 27.2. The Morgan fingerprint density at radius 1 is 1.15 bits per heavy atom. The second-order valence-corrected chi connectivity index (χ2v) is 13.7. The summed E-state index contributed by atoms with van der Waals surface area (Å²) < 4.78 is 11.5. The number of carbonyl (C=O) groups excluding carboxylic acids is 1. The van der Waals surface area contributed by atoms with Gasteiger partial charge in [-0.25, -0.2) is 0 Å². The highest BCUT2D eigenvalue weighted by Crippen LogP contribution is 2.53. The zero-order chi connectivity index (χ0) is 32.5. The smallest absolute Gasteiger partial charge is 0.318 e. The van der Waals surface area contributed by atoms with Gasteiger partial charge in [-0.05, 0) is 56.8 Å². The molecule has 2 atom stereocenters. The number of hydrogen-bond donors (Lipinski definition) is 0. The lowest BCUT2D eigenvalue weighted by Crippen LogP contribution is -2.55. The van der Waals surface area contributed by atoms with E-state index in [1.807, 2.05) is 12.1 Å². The summed E-state index contributed by atoms with van der Waals surface area (Å²) in [5, 5.41) is 12.7. The summed E-state index contributed by atoms with van der Waals surface area (Å²) in [5.41, 5.74) is 3.20. The Kier molecular flexibility index (Phi) is 8.97. The first kappa shape index (κ1) is 31.7. The van der Waals surface area contributed by atoms with Crippen LogP contribution in [-0.2, 0) is 22.5 Å². The molecule has 0 radical (unpaired) electrons. The van der Waals surface area contributed by atoms with Gasteiger partial charge in [0.05, 0.1) is 42.4 Å². The minimum Gasteiger partial charge on any atom is -0.462 e. The van der Waals surface area contributed by atoms with Gasteiger partial charge < -0.3 is 29.1 Å². The highest BCUT2D eigenvalue weighted by molar-refractivity contribution is 6.36. The number of hydrogen-bond acceptors (Lipinski definition) is 9. The van der Waals surface area contributed by atoms with Crippen LogP contribution in [0.4, 0.5) is 11.5 Å². The molecule has 246 valence electrons. The number of amides is 1. The van der Waals surface area contributed by atoms with Gasteiger partial charge in [0, 0.05) is 67.5 Å². The SMILES string of the molecule is COC/C=C/C(=O)N1CCN(c2nc(OC[C@@H]3CCCN3C)nc3c2CC2(CC2)N(c2cccc4cccc(Cl)c24)C3)C[C@@H]1CC#N. The van der Waals surface area contributed by atoms with Crippen LogP contribution in [0, 0.1) is 11.3 Å². The number of likely N-dealkylation sites (N-methyl/N-ethyl adjacent to an activating group) is 1. The summed E-state index contributed by atoms with van der Waals surface area (Å²) in [5.74, 6) is 0.773. The molecule has 3 fully saturated rings. The second-order valence-electron chi connectivity index (χ2n) is 13.3. The third-order valence-corrected chi connectivity index (χ3v) is 10.7. The van der Waals surface area contributed by atoms with Crippen molar-refractivity contribution < 1.29 is 14.3 Å². The Morgan fingerprint density at radius 3 is 2.72 bits per heavy atom. The third-order valence-electron chi connectivity index (χ3n) is 10.4. The summed E-state index contributed by atoms with van der Waals surface area (Å²) >= 11 is 6.83. The number of ether oxygens (including phenoxy) is 2. The fourth-order valence-corrected chi connectivity index (χ4v) is 7.91. The molecule has 3 aliphatic heterocycles. The van der Waals surface area contributed by atoms with Crippen molar-refractivity contribution in [3.8, 4) is 12.1 Å². The van der Waals surface area contributed by atoms with Gasteiger partial charge in [-0.2, -0.15) is 15.2 Å². The molecule has 10 nitrogen and oxygen atoms in total. The van der Waals surface area contributed by atoms with Crippen LogP contribution in [0.15, 0.2) is 48.6 Å². The predicted octanol–water partition coefficient (Wildman–Crippen LogP) is 4.98. The number of anilines is 2. The Bertz CT molecular complexity index is 1720. The molecule has 0 N–H and O–H groups in total. The number of aromatic nitrogens is 2. The molecule has 1 aromatic heterocycles. The predicted molar refractivity (Wildman–Crippen MR) is 183 cm³/mol. The standard InChI is InChI=1S/C36H42ClN7O3/c1-41-17-5-9-27(41)24-47-35-39-30-23-44(31-11-4-8-25-7-3-10-29(37)33(25)31)36(14-15-36)21-28(30)34(40-35)42-18-19-43(26(22-42)13-16-38)32(45)12-6-20-46-2/h3-4,6-8,10-12,26-27H,5,9,13-15,17-24H2,1-2H3/b12-6+/t26-,27-/m0/s1. The number of methoxy groups -OCH3 is 1. The minimum absolute atomic E-state index is 0.0382. The van der Waals surface area contributed by atoms with Gasteiger partial charge in [-0.1, -0.05) is 41.9 Å². The number of likely N-dealkylation sites (tertiary alicyclic amines) is 1. The molecule has 1 aliphatic carbocycles. The van der Waals surface area contributed by atoms with Crippen LogP contribution >= 0.6 is 11.6 Å². The van der Waals surface area contributed by atoms with Crippen molar-refractivity contribution in [3.05, 3.63) is 64.8 Å². The summed E-state index contributed by atoms with van der Waals surface area (Å²) in [4.78, 5) is 32.2. The lowest BCUT2D eigenvalue weighted by molar-refractivity contribution is -0.128. The van der Waals surface area contributed by atoms with E-state index in [-0.39, 0.29) is 23.9 Å². The van der Waals surface area contributed by atoms with Crippen LogP contribution in [0.2, 0.25) is 5.02 Å². The van der Waals surface area contributed by atoms with E-state index in [0.29, 0.717) is 51.4 Å². The quantitative estimate of drug-likeness (QED) is 0.296. The van der Waals surface area contributed by atoms with Crippen molar-refractivity contribution in [2.24, 2.45) is 0 Å². The molecule has 47 heavy (non-hydrogen) atoms. The van der Waals surface area contributed by atoms with Crippen LogP contribution in [0.5, 0.6) is 6.01 Å². The first-order valence-electron chi connectivity index (χ1n) is 16.7. The maximum absolute atomic E-state index is 13.1. The largest absolute Gasteiger partial charge is 0.462 e. The Hall–Kier alpha value is -3.91. The zero-order valence-corrected chi connectivity index (χ0v) is 28.0. The molecular formula is C36H42ClN7O3. The molecule has 1 saturated carbocycles. The second kappa shape index (κ2) is 13.3. The molecule has 0 bridgehead atoms. The van der Waals surface area contributed by atoms with Gasteiger partial charge in [0.1, 0.15) is 12.4 Å². The van der Waals surface area contributed by atoms with Crippen molar-refractivity contribution in [2.45, 2.75) is 62.7 Å². The van der Waals surface area contributed by atoms with E-state index in [0.717, 1.165) is 77.2 Å². The van der Waals surface area contributed by atoms with Crippen molar-refractivity contribution in [3.63, 3.8) is 0 Å². The Labute approximate surface area is 281 Å². The first-order valence-corrected chi connectivity index (χ1v) is 17.0. The third kappa shape index (κ3) is 6.24. The van der Waals surface area contributed by atoms with E-state index in [2.05, 4.69) is 52.1 Å². The molecule has 1 spiro atoms. The van der Waals surface area contributed by atoms with E-state index < -0.39 is 0 Å². The van der Waals surface area contributed by atoms with Crippen LogP contribution in [0.1, 0.15) is 43.4 Å². The Balaban J connectivity index is 1.24. The fourth-order valence-electron chi connectivity index (χ4n) is 7.63. The van der Waals surface area contributed by atoms with Crippen LogP contribution in [0.25, 0.3) is 10.8 Å². The van der Waals surface area contributed by atoms with E-state index in [9.17, 15) is 10.1 Å². The van der Waals surface area contributed by atoms with Crippen molar-refractivity contribution in [1.29, 1.82) is 5.26 Å². The van der Waals surface area contributed by atoms with E-state index in [1.54, 1.807) is 24.2 Å². The van der Waals surface area contributed by atoms with Crippen molar-refractivity contribution in [1.82, 2.24) is 19.8 Å². The molecule has 7 rings (SSSR count).